The Labute approximate surface area is 86.3 Å². The van der Waals surface area contributed by atoms with Gasteiger partial charge in [0.25, 0.3) is 0 Å². The molecule has 0 atom stereocenters. The van der Waals surface area contributed by atoms with Gasteiger partial charge in [-0.2, -0.15) is 4.98 Å². The van der Waals surface area contributed by atoms with Crippen LogP contribution in [-0.2, 0) is 7.05 Å². The number of hydrogen-bond acceptors (Lipinski definition) is 5. The van der Waals surface area contributed by atoms with E-state index in [1.165, 1.54) is 7.11 Å². The average molecular weight is 207 g/mol. The van der Waals surface area contributed by atoms with E-state index in [9.17, 15) is 0 Å². The van der Waals surface area contributed by atoms with Crippen molar-refractivity contribution >= 4 is 23.7 Å². The van der Waals surface area contributed by atoms with E-state index >= 15 is 0 Å². The molecule has 0 saturated heterocycles. The maximum atomic E-state index is 9.10. The lowest BCUT2D eigenvalue weighted by atomic mass is 9.81. The number of methoxy groups -OCH3 is 1. The summed E-state index contributed by atoms with van der Waals surface area (Å²) in [5.74, 6) is 0.195. The van der Waals surface area contributed by atoms with E-state index < -0.39 is 7.12 Å². The van der Waals surface area contributed by atoms with Gasteiger partial charge < -0.3 is 19.4 Å². The van der Waals surface area contributed by atoms with Crippen LogP contribution in [0.5, 0.6) is 5.88 Å². The van der Waals surface area contributed by atoms with Crippen molar-refractivity contribution < 1.29 is 14.8 Å². The van der Waals surface area contributed by atoms with Crippen LogP contribution in [0.2, 0.25) is 0 Å². The minimum Gasteiger partial charge on any atom is -0.481 e. The molecule has 2 rings (SSSR count). The highest BCUT2D eigenvalue weighted by Gasteiger charge is 2.20. The van der Waals surface area contributed by atoms with Gasteiger partial charge in [-0.1, -0.05) is 0 Å². The van der Waals surface area contributed by atoms with Crippen LogP contribution in [0.4, 0.5) is 0 Å². The predicted molar refractivity (Wildman–Crippen MR) is 54.9 cm³/mol. The van der Waals surface area contributed by atoms with E-state index in [0.29, 0.717) is 11.2 Å². The van der Waals surface area contributed by atoms with Crippen LogP contribution < -0.4 is 10.2 Å². The lowest BCUT2D eigenvalue weighted by molar-refractivity contribution is 0.392. The van der Waals surface area contributed by atoms with Crippen molar-refractivity contribution in [2.45, 2.75) is 0 Å². The van der Waals surface area contributed by atoms with Gasteiger partial charge in [0.15, 0.2) is 5.65 Å². The third-order valence-corrected chi connectivity index (χ3v) is 2.15. The van der Waals surface area contributed by atoms with Gasteiger partial charge in [0.05, 0.1) is 13.4 Å². The van der Waals surface area contributed by atoms with Crippen molar-refractivity contribution in [3.63, 3.8) is 0 Å². The lowest BCUT2D eigenvalue weighted by Gasteiger charge is -2.06. The zero-order valence-electron chi connectivity index (χ0n) is 8.38. The normalized spacial score (nSPS) is 10.7. The first-order valence-electron chi connectivity index (χ1n) is 4.35. The summed E-state index contributed by atoms with van der Waals surface area (Å²) in [7, 11) is 1.62. The molecular formula is C8H10BN3O3. The summed E-state index contributed by atoms with van der Waals surface area (Å²) in [5, 5.41) is 18.2. The monoisotopic (exact) mass is 207 g/mol. The Morgan fingerprint density at radius 3 is 2.80 bits per heavy atom. The lowest BCUT2D eigenvalue weighted by Crippen LogP contribution is -2.31. The average Bonchev–Trinajstić information content (AvgIpc) is 2.58. The molecule has 0 aliphatic rings. The Bertz CT molecular complexity index is 497. The molecule has 6 nitrogen and oxygen atoms in total. The van der Waals surface area contributed by atoms with E-state index in [-0.39, 0.29) is 11.3 Å². The topological polar surface area (TPSA) is 80.4 Å². The predicted octanol–water partition coefficient (Wildman–Crippen LogP) is -1.34. The molecule has 78 valence electrons. The maximum Gasteiger partial charge on any atom is 0.494 e. The molecule has 0 aromatic carbocycles. The molecule has 0 aliphatic heterocycles. The number of pyridine rings is 1. The summed E-state index contributed by atoms with van der Waals surface area (Å²) >= 11 is 0. The van der Waals surface area contributed by atoms with Crippen molar-refractivity contribution in [3.8, 4) is 5.88 Å². The van der Waals surface area contributed by atoms with Gasteiger partial charge in [-0.25, -0.2) is 4.98 Å². The van der Waals surface area contributed by atoms with E-state index in [2.05, 4.69) is 9.97 Å². The number of fused-ring (bicyclic) bond motifs is 1. The number of ether oxygens (including phenoxy) is 1. The second-order valence-electron chi connectivity index (χ2n) is 3.16. The standard InChI is InChI=1S/C8H10BN3O3/c1-12-4-10-6-3-5(9(13)14)8(15-2)11-7(6)12/h3-4,13-14H,1-2H3. The number of nitrogens with zero attached hydrogens (tertiary/aromatic N) is 3. The summed E-state index contributed by atoms with van der Waals surface area (Å²) in [6, 6.07) is 1.55. The molecule has 7 heteroatoms. The van der Waals surface area contributed by atoms with Gasteiger partial charge in [0.1, 0.15) is 5.52 Å². The minimum absolute atomic E-state index is 0.195. The molecule has 0 amide bonds. The van der Waals surface area contributed by atoms with Crippen LogP contribution in [0, 0.1) is 0 Å². The highest BCUT2D eigenvalue weighted by Crippen LogP contribution is 2.12. The number of aromatic nitrogens is 3. The molecule has 15 heavy (non-hydrogen) atoms. The van der Waals surface area contributed by atoms with Crippen molar-refractivity contribution in [3.05, 3.63) is 12.4 Å². The van der Waals surface area contributed by atoms with Crippen LogP contribution >= 0.6 is 0 Å². The van der Waals surface area contributed by atoms with Crippen molar-refractivity contribution in [2.75, 3.05) is 7.11 Å². The molecule has 0 radical (unpaired) electrons. The highest BCUT2D eigenvalue weighted by atomic mass is 16.5. The van der Waals surface area contributed by atoms with Crippen LogP contribution in [0.3, 0.4) is 0 Å². The van der Waals surface area contributed by atoms with Gasteiger partial charge in [-0.05, 0) is 6.07 Å². The first-order chi connectivity index (χ1) is 7.13. The number of rotatable bonds is 2. The van der Waals surface area contributed by atoms with E-state index in [1.54, 1.807) is 24.0 Å². The minimum atomic E-state index is -1.61. The molecule has 2 aromatic heterocycles. The van der Waals surface area contributed by atoms with Gasteiger partial charge in [-0.15, -0.1) is 0 Å². The second-order valence-corrected chi connectivity index (χ2v) is 3.16. The van der Waals surface area contributed by atoms with Gasteiger partial charge in [0, 0.05) is 12.5 Å². The first kappa shape index (κ1) is 9.94. The smallest absolute Gasteiger partial charge is 0.481 e. The fourth-order valence-corrected chi connectivity index (χ4v) is 1.40. The fraction of sp³-hybridized carbons (Fsp3) is 0.250. The molecule has 2 aromatic rings. The van der Waals surface area contributed by atoms with Crippen LogP contribution in [0.15, 0.2) is 12.4 Å². The maximum absolute atomic E-state index is 9.10. The SMILES string of the molecule is COc1nc2c(cc1B(O)O)ncn2C. The Morgan fingerprint density at radius 2 is 2.20 bits per heavy atom. The van der Waals surface area contributed by atoms with E-state index in [0.717, 1.165) is 0 Å². The second kappa shape index (κ2) is 3.52. The van der Waals surface area contributed by atoms with E-state index in [4.69, 9.17) is 14.8 Å². The first-order valence-corrected chi connectivity index (χ1v) is 4.35. The van der Waals surface area contributed by atoms with E-state index in [1.807, 2.05) is 0 Å². The summed E-state index contributed by atoms with van der Waals surface area (Å²) < 4.78 is 6.69. The zero-order chi connectivity index (χ0) is 11.0. The Kier molecular flexibility index (Phi) is 2.33. The van der Waals surface area contributed by atoms with Crippen LogP contribution in [0.25, 0.3) is 11.2 Å². The Hall–Kier alpha value is -1.60. The third kappa shape index (κ3) is 1.55. The number of hydrogen-bond donors (Lipinski definition) is 2. The molecule has 0 saturated carbocycles. The molecule has 0 spiro atoms. The summed E-state index contributed by atoms with van der Waals surface area (Å²) in [4.78, 5) is 8.19. The van der Waals surface area contributed by atoms with Gasteiger partial charge in [0.2, 0.25) is 5.88 Å². The molecule has 2 N–H and O–H groups in total. The number of imidazole rings is 1. The molecule has 2 heterocycles. The van der Waals surface area contributed by atoms with Crippen LogP contribution in [0.1, 0.15) is 0 Å². The Morgan fingerprint density at radius 1 is 1.47 bits per heavy atom. The number of aryl methyl sites for hydroxylation is 1. The zero-order valence-corrected chi connectivity index (χ0v) is 8.38. The summed E-state index contributed by atoms with van der Waals surface area (Å²) in [6.45, 7) is 0. The van der Waals surface area contributed by atoms with Gasteiger partial charge in [-0.3, -0.25) is 0 Å². The fourth-order valence-electron chi connectivity index (χ4n) is 1.40. The van der Waals surface area contributed by atoms with Crippen LogP contribution in [-0.4, -0.2) is 38.8 Å². The Balaban J connectivity index is 2.71. The molecule has 0 bridgehead atoms. The third-order valence-electron chi connectivity index (χ3n) is 2.15. The largest absolute Gasteiger partial charge is 0.494 e. The van der Waals surface area contributed by atoms with Gasteiger partial charge >= 0.3 is 7.12 Å². The summed E-state index contributed by atoms with van der Waals surface area (Å²) in [6.07, 6.45) is 1.60. The molecule has 0 unspecified atom stereocenters. The quantitative estimate of drug-likeness (QED) is 0.595. The summed E-state index contributed by atoms with van der Waals surface area (Å²) in [5.41, 5.74) is 1.45. The van der Waals surface area contributed by atoms with Crippen molar-refractivity contribution in [1.29, 1.82) is 0 Å². The highest BCUT2D eigenvalue weighted by molar-refractivity contribution is 6.59. The molecule has 0 aliphatic carbocycles. The molecule has 0 fully saturated rings. The molecular weight excluding hydrogens is 197 g/mol. The van der Waals surface area contributed by atoms with Crippen molar-refractivity contribution in [1.82, 2.24) is 14.5 Å². The van der Waals surface area contributed by atoms with Crippen molar-refractivity contribution in [2.24, 2.45) is 7.05 Å².